The molecule has 0 unspecified atom stereocenters. The monoisotopic (exact) mass is 401 g/mol. The molecule has 0 aliphatic carbocycles. The highest BCUT2D eigenvalue weighted by molar-refractivity contribution is 6.30. The standard InChI is InChI=1S/C22H28ClN3O2/c1-16(20-5-3-4-6-21(20)28-2)24-22(27)25-19-11-13-26(14-12-19)15-17-7-9-18(23)10-8-17/h3-10,16,19H,11-15H2,1-2H3,(H2,24,25,27)/t16-/m0/s1. The Kier molecular flexibility index (Phi) is 7.18. The van der Waals surface area contributed by atoms with E-state index in [4.69, 9.17) is 16.3 Å². The summed E-state index contributed by atoms with van der Waals surface area (Å²) < 4.78 is 5.38. The predicted octanol–water partition coefficient (Wildman–Crippen LogP) is 4.37. The molecular weight excluding hydrogens is 374 g/mol. The van der Waals surface area contributed by atoms with E-state index in [9.17, 15) is 4.79 Å². The Labute approximate surface area is 172 Å². The fourth-order valence-electron chi connectivity index (χ4n) is 3.61. The van der Waals surface area contributed by atoms with Gasteiger partial charge < -0.3 is 15.4 Å². The number of nitrogens with one attached hydrogen (secondary N) is 2. The van der Waals surface area contributed by atoms with Crippen molar-refractivity contribution < 1.29 is 9.53 Å². The molecule has 2 aromatic carbocycles. The Hall–Kier alpha value is -2.24. The number of benzene rings is 2. The molecule has 1 atom stereocenters. The van der Waals surface area contributed by atoms with Gasteiger partial charge in [0, 0.05) is 36.3 Å². The van der Waals surface area contributed by atoms with Gasteiger partial charge in [-0.2, -0.15) is 0 Å². The quantitative estimate of drug-likeness (QED) is 0.755. The Morgan fingerprint density at radius 1 is 1.18 bits per heavy atom. The van der Waals surface area contributed by atoms with Gasteiger partial charge in [0.1, 0.15) is 5.75 Å². The third kappa shape index (κ3) is 5.63. The number of para-hydroxylation sites is 1. The average molecular weight is 402 g/mol. The molecule has 6 heteroatoms. The van der Waals surface area contributed by atoms with E-state index in [1.165, 1.54) is 5.56 Å². The first-order chi connectivity index (χ1) is 13.5. The molecule has 0 spiro atoms. The summed E-state index contributed by atoms with van der Waals surface area (Å²) in [5.41, 5.74) is 2.23. The summed E-state index contributed by atoms with van der Waals surface area (Å²) >= 11 is 5.95. The van der Waals surface area contributed by atoms with Crippen LogP contribution in [0.5, 0.6) is 5.75 Å². The van der Waals surface area contributed by atoms with Gasteiger partial charge in [-0.3, -0.25) is 4.90 Å². The van der Waals surface area contributed by atoms with Crippen molar-refractivity contribution in [3.8, 4) is 5.75 Å². The van der Waals surface area contributed by atoms with Gasteiger partial charge in [0.05, 0.1) is 13.2 Å². The first-order valence-electron chi connectivity index (χ1n) is 9.72. The number of hydrogen-bond acceptors (Lipinski definition) is 3. The molecule has 150 valence electrons. The van der Waals surface area contributed by atoms with E-state index in [-0.39, 0.29) is 18.1 Å². The molecule has 2 N–H and O–H groups in total. The Bertz CT molecular complexity index is 774. The third-order valence-electron chi connectivity index (χ3n) is 5.20. The van der Waals surface area contributed by atoms with Crippen molar-refractivity contribution in [3.63, 3.8) is 0 Å². The van der Waals surface area contributed by atoms with E-state index >= 15 is 0 Å². The number of ether oxygens (including phenoxy) is 1. The zero-order chi connectivity index (χ0) is 19.9. The molecule has 1 heterocycles. The summed E-state index contributed by atoms with van der Waals surface area (Å²) in [6.07, 6.45) is 1.90. The fourth-order valence-corrected chi connectivity index (χ4v) is 3.74. The van der Waals surface area contributed by atoms with E-state index in [1.54, 1.807) is 7.11 Å². The lowest BCUT2D eigenvalue weighted by Gasteiger charge is -2.32. The van der Waals surface area contributed by atoms with Crippen LogP contribution < -0.4 is 15.4 Å². The molecule has 0 bridgehead atoms. The number of nitrogens with zero attached hydrogens (tertiary/aromatic N) is 1. The number of piperidine rings is 1. The second-order valence-corrected chi connectivity index (χ2v) is 7.69. The number of carbonyl (C=O) groups excluding carboxylic acids is 1. The van der Waals surface area contributed by atoms with Crippen molar-refractivity contribution in [1.29, 1.82) is 0 Å². The summed E-state index contributed by atoms with van der Waals surface area (Å²) in [5, 5.41) is 6.90. The lowest BCUT2D eigenvalue weighted by molar-refractivity contribution is 0.186. The number of rotatable bonds is 6. The van der Waals surface area contributed by atoms with E-state index in [2.05, 4.69) is 27.7 Å². The second-order valence-electron chi connectivity index (χ2n) is 7.26. The number of hydrogen-bond donors (Lipinski definition) is 2. The fraction of sp³-hybridized carbons (Fsp3) is 0.409. The Balaban J connectivity index is 1.44. The topological polar surface area (TPSA) is 53.6 Å². The molecule has 0 saturated carbocycles. The van der Waals surface area contributed by atoms with Gasteiger partial charge in [-0.25, -0.2) is 4.79 Å². The Morgan fingerprint density at radius 3 is 2.54 bits per heavy atom. The summed E-state index contributed by atoms with van der Waals surface area (Å²) in [4.78, 5) is 14.8. The van der Waals surface area contributed by atoms with Gasteiger partial charge in [0.2, 0.25) is 0 Å². The number of methoxy groups -OCH3 is 1. The molecule has 2 aromatic rings. The number of carbonyl (C=O) groups is 1. The second kappa shape index (κ2) is 9.80. The van der Waals surface area contributed by atoms with Gasteiger partial charge in [-0.15, -0.1) is 0 Å². The molecule has 1 fully saturated rings. The van der Waals surface area contributed by atoms with Gasteiger partial charge in [-0.05, 0) is 43.5 Å². The normalized spacial score (nSPS) is 16.4. The zero-order valence-electron chi connectivity index (χ0n) is 16.5. The summed E-state index contributed by atoms with van der Waals surface area (Å²) in [6.45, 7) is 4.82. The molecule has 1 saturated heterocycles. The smallest absolute Gasteiger partial charge is 0.315 e. The summed E-state index contributed by atoms with van der Waals surface area (Å²) in [5.74, 6) is 0.783. The van der Waals surface area contributed by atoms with Crippen molar-refractivity contribution in [2.75, 3.05) is 20.2 Å². The van der Waals surface area contributed by atoms with Crippen LogP contribution in [0.1, 0.15) is 36.9 Å². The van der Waals surface area contributed by atoms with Crippen LogP contribution in [-0.4, -0.2) is 37.2 Å². The van der Waals surface area contributed by atoms with Crippen LogP contribution in [0.4, 0.5) is 4.79 Å². The predicted molar refractivity (Wildman–Crippen MR) is 113 cm³/mol. The first kappa shape index (κ1) is 20.5. The molecule has 0 aromatic heterocycles. The minimum absolute atomic E-state index is 0.124. The third-order valence-corrected chi connectivity index (χ3v) is 5.45. The molecule has 1 aliphatic heterocycles. The van der Waals surface area contributed by atoms with Gasteiger partial charge in [-0.1, -0.05) is 41.9 Å². The van der Waals surface area contributed by atoms with Crippen molar-refractivity contribution in [1.82, 2.24) is 15.5 Å². The number of amides is 2. The lowest BCUT2D eigenvalue weighted by Crippen LogP contribution is -2.48. The minimum atomic E-state index is -0.130. The van der Waals surface area contributed by atoms with Gasteiger partial charge in [0.15, 0.2) is 0 Å². The summed E-state index contributed by atoms with van der Waals surface area (Å²) in [6, 6.07) is 15.7. The zero-order valence-corrected chi connectivity index (χ0v) is 17.2. The number of urea groups is 1. The van der Waals surface area contributed by atoms with Gasteiger partial charge >= 0.3 is 6.03 Å². The van der Waals surface area contributed by atoms with E-state index in [0.29, 0.717) is 0 Å². The Morgan fingerprint density at radius 2 is 1.86 bits per heavy atom. The van der Waals surface area contributed by atoms with Crippen LogP contribution in [0.2, 0.25) is 5.02 Å². The van der Waals surface area contributed by atoms with Gasteiger partial charge in [0.25, 0.3) is 0 Å². The minimum Gasteiger partial charge on any atom is -0.496 e. The molecule has 28 heavy (non-hydrogen) atoms. The van der Waals surface area contributed by atoms with E-state index < -0.39 is 0 Å². The van der Waals surface area contributed by atoms with Crippen molar-refractivity contribution >= 4 is 17.6 Å². The van der Waals surface area contributed by atoms with E-state index in [0.717, 1.165) is 48.8 Å². The molecular formula is C22H28ClN3O2. The van der Waals surface area contributed by atoms with Crippen molar-refractivity contribution in [2.45, 2.75) is 38.4 Å². The largest absolute Gasteiger partial charge is 0.496 e. The maximum Gasteiger partial charge on any atom is 0.315 e. The number of halogens is 1. The molecule has 1 aliphatic rings. The molecule has 3 rings (SSSR count). The van der Waals surface area contributed by atoms with Crippen molar-refractivity contribution in [2.24, 2.45) is 0 Å². The van der Waals surface area contributed by atoms with Crippen LogP contribution in [0, 0.1) is 0 Å². The van der Waals surface area contributed by atoms with Crippen LogP contribution in [0.25, 0.3) is 0 Å². The maximum atomic E-state index is 12.4. The number of likely N-dealkylation sites (tertiary alicyclic amines) is 1. The summed E-state index contributed by atoms with van der Waals surface area (Å²) in [7, 11) is 1.64. The molecule has 5 nitrogen and oxygen atoms in total. The lowest BCUT2D eigenvalue weighted by atomic mass is 10.0. The highest BCUT2D eigenvalue weighted by atomic mass is 35.5. The first-order valence-corrected chi connectivity index (χ1v) is 10.1. The van der Waals surface area contributed by atoms with Crippen LogP contribution in [0.15, 0.2) is 48.5 Å². The van der Waals surface area contributed by atoms with Crippen LogP contribution in [0.3, 0.4) is 0 Å². The van der Waals surface area contributed by atoms with E-state index in [1.807, 2.05) is 43.3 Å². The molecule has 0 radical (unpaired) electrons. The maximum absolute atomic E-state index is 12.4. The SMILES string of the molecule is COc1ccccc1[C@H](C)NC(=O)NC1CCN(Cc2ccc(Cl)cc2)CC1. The van der Waals surface area contributed by atoms with Crippen molar-refractivity contribution in [3.05, 3.63) is 64.7 Å². The van der Waals surface area contributed by atoms with Crippen LogP contribution in [-0.2, 0) is 6.54 Å². The molecule has 2 amide bonds. The highest BCUT2D eigenvalue weighted by Gasteiger charge is 2.22. The average Bonchev–Trinajstić information content (AvgIpc) is 2.71. The highest BCUT2D eigenvalue weighted by Crippen LogP contribution is 2.24. The van der Waals surface area contributed by atoms with Crippen LogP contribution >= 0.6 is 11.6 Å².